The molecule has 144 valence electrons. The lowest BCUT2D eigenvalue weighted by Gasteiger charge is -2.57. The van der Waals surface area contributed by atoms with Gasteiger partial charge in [0.2, 0.25) is 0 Å². The number of nitro groups is 1. The van der Waals surface area contributed by atoms with Crippen LogP contribution in [0.25, 0.3) is 0 Å². The minimum atomic E-state index is -0.422. The summed E-state index contributed by atoms with van der Waals surface area (Å²) in [4.78, 5) is 14.8. The van der Waals surface area contributed by atoms with Crippen LogP contribution in [-0.4, -0.2) is 16.2 Å². The van der Waals surface area contributed by atoms with Crippen LogP contribution in [0.2, 0.25) is 0 Å². The monoisotopic (exact) mass is 376 g/mol. The molecule has 4 bridgehead atoms. The van der Waals surface area contributed by atoms with E-state index in [1.54, 1.807) is 24.4 Å². The number of hydrogen-bond acceptors (Lipinski definition) is 4. The van der Waals surface area contributed by atoms with E-state index in [1.165, 1.54) is 56.2 Å². The Morgan fingerprint density at radius 2 is 1.61 bits per heavy atom. The fraction of sp³-hybridized carbons (Fsp3) is 0.435. The van der Waals surface area contributed by atoms with Gasteiger partial charge in [-0.1, -0.05) is 6.07 Å². The number of nitro benzene ring substituents is 1. The highest BCUT2D eigenvalue weighted by atomic mass is 16.6. The first-order valence-electron chi connectivity index (χ1n) is 10.1. The summed E-state index contributed by atoms with van der Waals surface area (Å²) >= 11 is 0. The van der Waals surface area contributed by atoms with Gasteiger partial charge in [-0.3, -0.25) is 15.1 Å². The van der Waals surface area contributed by atoms with Gasteiger partial charge in [-0.2, -0.15) is 0 Å². The molecule has 6 rings (SSSR count). The Morgan fingerprint density at radius 3 is 2.18 bits per heavy atom. The standard InChI is InChI=1S/C23H24N2O3/c26-22-6-1-19(23-11-15-7-16(12-23)9-17(8-15)13-23)10-18(22)14-24-20-2-4-21(5-3-20)25(27)28/h1-6,10,14-17,26H,7-9,11-13H2. The first-order valence-corrected chi connectivity index (χ1v) is 10.1. The molecule has 0 amide bonds. The van der Waals surface area contributed by atoms with Gasteiger partial charge in [-0.25, -0.2) is 0 Å². The van der Waals surface area contributed by atoms with Crippen LogP contribution in [0.4, 0.5) is 11.4 Å². The fourth-order valence-corrected chi connectivity index (χ4v) is 6.26. The Morgan fingerprint density at radius 1 is 1.00 bits per heavy atom. The third-order valence-electron chi connectivity index (χ3n) is 7.09. The fourth-order valence-electron chi connectivity index (χ4n) is 6.26. The second kappa shape index (κ2) is 6.43. The SMILES string of the molecule is O=[N+]([O-])c1ccc(N=Cc2cc(C34CC5CC(CC(C5)C3)C4)ccc2O)cc1. The van der Waals surface area contributed by atoms with Crippen molar-refractivity contribution < 1.29 is 10.0 Å². The number of nitrogens with zero attached hydrogens (tertiary/aromatic N) is 2. The van der Waals surface area contributed by atoms with Crippen molar-refractivity contribution in [3.05, 3.63) is 63.7 Å². The van der Waals surface area contributed by atoms with Crippen molar-refractivity contribution in [1.82, 2.24) is 0 Å². The minimum absolute atomic E-state index is 0.0469. The molecule has 0 radical (unpaired) electrons. The first-order chi connectivity index (χ1) is 13.5. The molecule has 4 saturated carbocycles. The number of benzene rings is 2. The van der Waals surface area contributed by atoms with Gasteiger partial charge in [0, 0.05) is 23.9 Å². The van der Waals surface area contributed by atoms with Crippen LogP contribution in [0.1, 0.15) is 49.7 Å². The van der Waals surface area contributed by atoms with E-state index in [-0.39, 0.29) is 16.9 Å². The zero-order valence-corrected chi connectivity index (χ0v) is 15.8. The molecule has 0 aliphatic heterocycles. The van der Waals surface area contributed by atoms with Gasteiger partial charge in [0.25, 0.3) is 5.69 Å². The van der Waals surface area contributed by atoms with Gasteiger partial charge in [0.1, 0.15) is 5.75 Å². The topological polar surface area (TPSA) is 75.7 Å². The molecule has 28 heavy (non-hydrogen) atoms. The molecule has 0 spiro atoms. The highest BCUT2D eigenvalue weighted by molar-refractivity contribution is 5.85. The predicted molar refractivity (Wildman–Crippen MR) is 108 cm³/mol. The van der Waals surface area contributed by atoms with Gasteiger partial charge in [-0.15, -0.1) is 0 Å². The average molecular weight is 376 g/mol. The maximum atomic E-state index is 10.8. The number of hydrogen-bond donors (Lipinski definition) is 1. The Kier molecular flexibility index (Phi) is 4.00. The molecule has 2 aromatic carbocycles. The molecular formula is C23H24N2O3. The van der Waals surface area contributed by atoms with Crippen LogP contribution in [0.3, 0.4) is 0 Å². The highest BCUT2D eigenvalue weighted by Crippen LogP contribution is 2.60. The number of phenolic OH excluding ortho intramolecular Hbond substituents is 1. The van der Waals surface area contributed by atoms with E-state index in [1.807, 2.05) is 0 Å². The van der Waals surface area contributed by atoms with Crippen molar-refractivity contribution >= 4 is 17.6 Å². The van der Waals surface area contributed by atoms with Crippen LogP contribution in [0, 0.1) is 27.9 Å². The van der Waals surface area contributed by atoms with Crippen LogP contribution in [0.15, 0.2) is 47.5 Å². The minimum Gasteiger partial charge on any atom is -0.507 e. The molecule has 4 aliphatic rings. The quantitative estimate of drug-likeness (QED) is 0.434. The molecule has 5 nitrogen and oxygen atoms in total. The van der Waals surface area contributed by atoms with E-state index < -0.39 is 4.92 Å². The number of rotatable bonds is 4. The van der Waals surface area contributed by atoms with E-state index in [0.29, 0.717) is 11.3 Å². The Labute approximate surface area is 164 Å². The van der Waals surface area contributed by atoms with E-state index in [0.717, 1.165) is 17.8 Å². The van der Waals surface area contributed by atoms with Gasteiger partial charge >= 0.3 is 0 Å². The molecule has 0 aromatic heterocycles. The Hall–Kier alpha value is -2.69. The summed E-state index contributed by atoms with van der Waals surface area (Å²) in [5, 5.41) is 21.1. The number of non-ortho nitro benzene ring substituents is 1. The van der Waals surface area contributed by atoms with E-state index in [4.69, 9.17) is 0 Å². The molecule has 0 saturated heterocycles. The van der Waals surface area contributed by atoms with Gasteiger partial charge in [0.15, 0.2) is 0 Å². The number of aromatic hydroxyl groups is 1. The summed E-state index contributed by atoms with van der Waals surface area (Å²) in [7, 11) is 0. The van der Waals surface area contributed by atoms with Crippen LogP contribution < -0.4 is 0 Å². The second-order valence-electron chi connectivity index (χ2n) is 9.00. The molecular weight excluding hydrogens is 352 g/mol. The molecule has 5 heteroatoms. The molecule has 4 fully saturated rings. The van der Waals surface area contributed by atoms with E-state index in [9.17, 15) is 15.2 Å². The van der Waals surface area contributed by atoms with Crippen molar-refractivity contribution in [1.29, 1.82) is 0 Å². The molecule has 4 aliphatic carbocycles. The lowest BCUT2D eigenvalue weighted by molar-refractivity contribution is -0.384. The summed E-state index contributed by atoms with van der Waals surface area (Å²) < 4.78 is 0. The average Bonchev–Trinajstić information content (AvgIpc) is 2.66. The number of aliphatic imine (C=N–C) groups is 1. The summed E-state index contributed by atoms with van der Waals surface area (Å²) in [5.41, 5.74) is 3.01. The van der Waals surface area contributed by atoms with Crippen LogP contribution >= 0.6 is 0 Å². The largest absolute Gasteiger partial charge is 0.507 e. The summed E-state index contributed by atoms with van der Waals surface area (Å²) in [6.07, 6.45) is 9.73. The lowest BCUT2D eigenvalue weighted by atomic mass is 9.48. The Bertz CT molecular complexity index is 914. The van der Waals surface area contributed by atoms with Crippen molar-refractivity contribution in [2.75, 3.05) is 0 Å². The van der Waals surface area contributed by atoms with Crippen molar-refractivity contribution in [3.8, 4) is 5.75 Å². The van der Waals surface area contributed by atoms with Crippen molar-refractivity contribution in [2.45, 2.75) is 43.9 Å². The summed E-state index contributed by atoms with van der Waals surface area (Å²) in [6.45, 7) is 0. The third kappa shape index (κ3) is 2.99. The smallest absolute Gasteiger partial charge is 0.269 e. The molecule has 0 heterocycles. The van der Waals surface area contributed by atoms with E-state index >= 15 is 0 Å². The maximum absolute atomic E-state index is 10.8. The van der Waals surface area contributed by atoms with Gasteiger partial charge in [-0.05, 0) is 91.5 Å². The molecule has 0 atom stereocenters. The van der Waals surface area contributed by atoms with Crippen molar-refractivity contribution in [2.24, 2.45) is 22.7 Å². The predicted octanol–water partition coefficient (Wildman–Crippen LogP) is 5.52. The maximum Gasteiger partial charge on any atom is 0.269 e. The normalized spacial score (nSPS) is 30.8. The third-order valence-corrected chi connectivity index (χ3v) is 7.09. The zero-order valence-electron chi connectivity index (χ0n) is 15.8. The molecule has 1 N–H and O–H groups in total. The first kappa shape index (κ1) is 17.4. The zero-order chi connectivity index (χ0) is 19.3. The van der Waals surface area contributed by atoms with Gasteiger partial charge < -0.3 is 5.11 Å². The Balaban J connectivity index is 1.43. The molecule has 0 unspecified atom stereocenters. The van der Waals surface area contributed by atoms with Crippen molar-refractivity contribution in [3.63, 3.8) is 0 Å². The lowest BCUT2D eigenvalue weighted by Crippen LogP contribution is -2.48. The molecule has 2 aromatic rings. The van der Waals surface area contributed by atoms with Gasteiger partial charge in [0.05, 0.1) is 10.6 Å². The summed E-state index contributed by atoms with van der Waals surface area (Å²) in [5.74, 6) is 2.84. The van der Waals surface area contributed by atoms with Crippen LogP contribution in [0.5, 0.6) is 5.75 Å². The second-order valence-corrected chi connectivity index (χ2v) is 9.00. The van der Waals surface area contributed by atoms with E-state index in [2.05, 4.69) is 17.1 Å². The highest BCUT2D eigenvalue weighted by Gasteiger charge is 2.51. The summed E-state index contributed by atoms with van der Waals surface area (Å²) in [6, 6.07) is 12.1. The number of phenols is 1. The van der Waals surface area contributed by atoms with Crippen LogP contribution in [-0.2, 0) is 5.41 Å².